The average molecular weight is 399 g/mol. The number of carbonyl (C=O) groups excluding carboxylic acids is 4. The van der Waals surface area contributed by atoms with Gasteiger partial charge in [-0.25, -0.2) is 9.59 Å². The summed E-state index contributed by atoms with van der Waals surface area (Å²) in [6.07, 6.45) is 0. The van der Waals surface area contributed by atoms with Crippen LogP contribution in [0.5, 0.6) is 0 Å². The first-order valence-corrected chi connectivity index (χ1v) is 7.63. The van der Waals surface area contributed by atoms with Crippen molar-refractivity contribution < 1.29 is 33.6 Å². The lowest BCUT2D eigenvalue weighted by Gasteiger charge is -2.11. The normalized spacial score (nSPS) is 12.0. The van der Waals surface area contributed by atoms with E-state index in [1.165, 1.54) is 13.8 Å². The Morgan fingerprint density at radius 2 is 1.42 bits per heavy atom. The maximum Gasteiger partial charge on any atom is 0.389 e. The molecule has 0 heterocycles. The van der Waals surface area contributed by atoms with Crippen LogP contribution in [0.4, 0.5) is 0 Å². The first-order chi connectivity index (χ1) is 11.4. The number of hydrogen-bond acceptors (Lipinski definition) is 9. The molecule has 152 valence electrons. The molecule has 26 heavy (non-hydrogen) atoms. The van der Waals surface area contributed by atoms with Crippen LogP contribution in [0.25, 0.3) is 0 Å². The van der Waals surface area contributed by atoms with Gasteiger partial charge < -0.3 is 15.2 Å². The van der Waals surface area contributed by atoms with Crippen molar-refractivity contribution in [3.05, 3.63) is 10.1 Å². The van der Waals surface area contributed by atoms with E-state index < -0.39 is 40.6 Å². The molecule has 0 saturated heterocycles. The van der Waals surface area contributed by atoms with Gasteiger partial charge in [0.2, 0.25) is 5.78 Å². The van der Waals surface area contributed by atoms with Crippen molar-refractivity contribution in [2.24, 2.45) is 17.6 Å². The standard InChI is InChI=1S/C8H15NO3.C7H11NO5.ClH/c1-4-12-8(11)6(9)7(10)5(2)3;1-4(2)6(9)5(8(11)12)7(10)13-3;/h5-6H,4,9H2,1-3H3;4-5H,1-3H3;1H. The van der Waals surface area contributed by atoms with E-state index in [0.29, 0.717) is 0 Å². The van der Waals surface area contributed by atoms with E-state index in [4.69, 9.17) is 5.73 Å². The van der Waals surface area contributed by atoms with E-state index in [2.05, 4.69) is 9.47 Å². The van der Waals surface area contributed by atoms with Gasteiger partial charge in [0.05, 0.1) is 13.7 Å². The van der Waals surface area contributed by atoms with Crippen LogP contribution in [0.2, 0.25) is 0 Å². The van der Waals surface area contributed by atoms with Crippen molar-refractivity contribution in [1.82, 2.24) is 0 Å². The van der Waals surface area contributed by atoms with Crippen LogP contribution in [0.15, 0.2) is 0 Å². The number of carbonyl (C=O) groups is 4. The Hall–Kier alpha value is -2.07. The fraction of sp³-hybridized carbons (Fsp3) is 0.733. The lowest BCUT2D eigenvalue weighted by Crippen LogP contribution is -2.42. The van der Waals surface area contributed by atoms with Gasteiger partial charge in [-0.2, -0.15) is 0 Å². The van der Waals surface area contributed by atoms with Crippen LogP contribution in [-0.2, 0) is 28.7 Å². The lowest BCUT2D eigenvalue weighted by molar-refractivity contribution is -0.496. The van der Waals surface area contributed by atoms with Gasteiger partial charge in [0.15, 0.2) is 11.8 Å². The zero-order chi connectivity index (χ0) is 20.3. The SMILES string of the molecule is CCOC(=O)C(N)C(=O)C(C)C.COC(=O)C(C(=O)C(C)C)[N+](=O)[O-].Cl. The Kier molecular flexibility index (Phi) is 15.6. The number of ether oxygens (including phenoxy) is 2. The Morgan fingerprint density at radius 1 is 1.00 bits per heavy atom. The molecule has 2 atom stereocenters. The Balaban J connectivity index is -0.000000393. The molecule has 0 aliphatic heterocycles. The summed E-state index contributed by atoms with van der Waals surface area (Å²) in [5.74, 6) is -3.58. The van der Waals surface area contributed by atoms with Crippen molar-refractivity contribution in [3.63, 3.8) is 0 Å². The van der Waals surface area contributed by atoms with E-state index in [1.54, 1.807) is 20.8 Å². The Labute approximate surface area is 158 Å². The van der Waals surface area contributed by atoms with Crippen molar-refractivity contribution in [2.75, 3.05) is 13.7 Å². The van der Waals surface area contributed by atoms with Gasteiger partial charge >= 0.3 is 18.0 Å². The third-order valence-corrected chi connectivity index (χ3v) is 2.89. The molecule has 10 nitrogen and oxygen atoms in total. The van der Waals surface area contributed by atoms with Crippen LogP contribution in [0.1, 0.15) is 34.6 Å². The van der Waals surface area contributed by atoms with E-state index in [0.717, 1.165) is 7.11 Å². The molecular weight excluding hydrogens is 372 g/mol. The summed E-state index contributed by atoms with van der Waals surface area (Å²) in [5, 5.41) is 10.3. The van der Waals surface area contributed by atoms with Crippen LogP contribution in [-0.4, -0.2) is 54.2 Å². The summed E-state index contributed by atoms with van der Waals surface area (Å²) < 4.78 is 8.73. The molecular formula is C15H27ClN2O8. The summed E-state index contributed by atoms with van der Waals surface area (Å²) >= 11 is 0. The minimum atomic E-state index is -1.88. The van der Waals surface area contributed by atoms with Crippen molar-refractivity contribution in [3.8, 4) is 0 Å². The highest BCUT2D eigenvalue weighted by Crippen LogP contribution is 2.04. The summed E-state index contributed by atoms with van der Waals surface area (Å²) in [6, 6.07) is -3.00. The first-order valence-electron chi connectivity index (χ1n) is 7.63. The second-order valence-corrected chi connectivity index (χ2v) is 5.55. The highest BCUT2D eigenvalue weighted by Gasteiger charge is 2.40. The molecule has 0 fully saturated rings. The van der Waals surface area contributed by atoms with Gasteiger partial charge in [-0.3, -0.25) is 19.7 Å². The van der Waals surface area contributed by atoms with Crippen molar-refractivity contribution in [2.45, 2.75) is 46.7 Å². The third kappa shape index (κ3) is 10.0. The molecule has 0 aromatic heterocycles. The van der Waals surface area contributed by atoms with Crippen LogP contribution in [0, 0.1) is 22.0 Å². The predicted octanol–water partition coefficient (Wildman–Crippen LogP) is 0.554. The molecule has 2 unspecified atom stereocenters. The second kappa shape index (κ2) is 14.1. The number of nitrogens with two attached hydrogens (primary N) is 1. The molecule has 0 aromatic rings. The minimum Gasteiger partial charge on any atom is -0.464 e. The number of rotatable bonds is 8. The van der Waals surface area contributed by atoms with Gasteiger partial charge in [-0.15, -0.1) is 12.4 Å². The number of esters is 2. The monoisotopic (exact) mass is 398 g/mol. The maximum atomic E-state index is 11.1. The third-order valence-electron chi connectivity index (χ3n) is 2.89. The largest absolute Gasteiger partial charge is 0.464 e. The summed E-state index contributed by atoms with van der Waals surface area (Å²) in [4.78, 5) is 53.4. The predicted molar refractivity (Wildman–Crippen MR) is 94.3 cm³/mol. The molecule has 0 aromatic carbocycles. The molecule has 0 aliphatic rings. The fourth-order valence-corrected chi connectivity index (χ4v) is 1.44. The van der Waals surface area contributed by atoms with Gasteiger partial charge in [0.1, 0.15) is 0 Å². The van der Waals surface area contributed by atoms with Crippen molar-refractivity contribution in [1.29, 1.82) is 0 Å². The molecule has 0 saturated carbocycles. The number of nitrogens with zero attached hydrogens (tertiary/aromatic N) is 1. The van der Waals surface area contributed by atoms with Gasteiger partial charge in [0.25, 0.3) is 0 Å². The number of ketones is 2. The number of methoxy groups -OCH3 is 1. The summed E-state index contributed by atoms with van der Waals surface area (Å²) in [7, 11) is 1.01. The minimum absolute atomic E-state index is 0. The van der Waals surface area contributed by atoms with Gasteiger partial charge in [0, 0.05) is 16.8 Å². The van der Waals surface area contributed by atoms with E-state index in [-0.39, 0.29) is 30.7 Å². The topological polar surface area (TPSA) is 156 Å². The smallest absolute Gasteiger partial charge is 0.389 e. The number of Topliss-reactive ketones (excluding diaryl/α,β-unsaturated/α-hetero) is 2. The summed E-state index contributed by atoms with van der Waals surface area (Å²) in [6.45, 7) is 8.29. The molecule has 0 rings (SSSR count). The van der Waals surface area contributed by atoms with Crippen LogP contribution < -0.4 is 5.73 Å². The lowest BCUT2D eigenvalue weighted by atomic mass is 10.0. The average Bonchev–Trinajstić information content (AvgIpc) is 2.53. The molecule has 0 aliphatic carbocycles. The fourth-order valence-electron chi connectivity index (χ4n) is 1.44. The summed E-state index contributed by atoms with van der Waals surface area (Å²) in [5.41, 5.74) is 5.32. The maximum absolute atomic E-state index is 11.1. The molecule has 0 spiro atoms. The number of nitro groups is 1. The zero-order valence-corrected chi connectivity index (χ0v) is 16.5. The number of hydrogen-bond donors (Lipinski definition) is 1. The van der Waals surface area contributed by atoms with Crippen LogP contribution >= 0.6 is 12.4 Å². The van der Waals surface area contributed by atoms with Gasteiger partial charge in [-0.1, -0.05) is 27.7 Å². The van der Waals surface area contributed by atoms with E-state index >= 15 is 0 Å². The zero-order valence-electron chi connectivity index (χ0n) is 15.7. The molecule has 0 bridgehead atoms. The Morgan fingerprint density at radius 3 is 1.69 bits per heavy atom. The van der Waals surface area contributed by atoms with E-state index in [1.807, 2.05) is 0 Å². The highest BCUT2D eigenvalue weighted by atomic mass is 35.5. The Bertz CT molecular complexity index is 508. The molecule has 0 radical (unpaired) electrons. The van der Waals surface area contributed by atoms with Gasteiger partial charge in [-0.05, 0) is 6.92 Å². The first kappa shape index (κ1) is 28.7. The van der Waals surface area contributed by atoms with Crippen LogP contribution in [0.3, 0.4) is 0 Å². The highest BCUT2D eigenvalue weighted by molar-refractivity contribution is 6.03. The quantitative estimate of drug-likeness (QED) is 0.267. The van der Waals surface area contributed by atoms with E-state index in [9.17, 15) is 29.3 Å². The van der Waals surface area contributed by atoms with Crippen molar-refractivity contribution >= 4 is 35.9 Å². The molecule has 2 N–H and O–H groups in total. The second-order valence-electron chi connectivity index (χ2n) is 5.55. The molecule has 0 amide bonds. The number of halogens is 1. The molecule has 11 heteroatoms.